The summed E-state index contributed by atoms with van der Waals surface area (Å²) in [5.74, 6) is 1.19. The summed E-state index contributed by atoms with van der Waals surface area (Å²) in [5, 5.41) is 2.37. The topological polar surface area (TPSA) is 71.0 Å². The third-order valence-corrected chi connectivity index (χ3v) is 7.06. The number of aryl methyl sites for hydroxylation is 2. The molecule has 5 heteroatoms. The largest absolute Gasteiger partial charge is 0.462 e. The van der Waals surface area contributed by atoms with Crippen LogP contribution in [0, 0.1) is 13.8 Å². The van der Waals surface area contributed by atoms with Crippen LogP contribution in [0.2, 0.25) is 0 Å². The second-order valence-corrected chi connectivity index (χ2v) is 9.35. The molecule has 0 bridgehead atoms. The van der Waals surface area contributed by atoms with E-state index in [2.05, 4.69) is 78.4 Å². The number of rotatable bonds is 6. The monoisotopic (exact) mass is 488 g/mol. The zero-order valence-electron chi connectivity index (χ0n) is 21.1. The number of H-pyrrole nitrogens is 2. The molecule has 0 amide bonds. The standard InChI is InChI=1S/C32H28N2O3/c1-4-36-32(35)22-15-13-21(14-16-22)27-17-18-28(37-27)31(29-19(2)33-25-11-7-5-9-23(25)29)30-20(3)34-26-12-8-6-10-24(26)30/h5-18,31,33-34H,4H2,1-3H3. The summed E-state index contributed by atoms with van der Waals surface area (Å²) in [4.78, 5) is 19.2. The molecule has 0 atom stereocenters. The van der Waals surface area contributed by atoms with Crippen LogP contribution in [0.25, 0.3) is 33.1 Å². The van der Waals surface area contributed by atoms with E-state index in [4.69, 9.17) is 9.15 Å². The van der Waals surface area contributed by atoms with Gasteiger partial charge in [0, 0.05) is 38.8 Å². The number of benzene rings is 3. The zero-order chi connectivity index (χ0) is 25.5. The summed E-state index contributed by atoms with van der Waals surface area (Å²) >= 11 is 0. The average Bonchev–Trinajstić information content (AvgIpc) is 3.61. The number of para-hydroxylation sites is 2. The fourth-order valence-corrected chi connectivity index (χ4v) is 5.42. The van der Waals surface area contributed by atoms with E-state index < -0.39 is 0 Å². The van der Waals surface area contributed by atoms with Crippen molar-refractivity contribution in [3.8, 4) is 11.3 Å². The first-order valence-electron chi connectivity index (χ1n) is 12.6. The minimum absolute atomic E-state index is 0.111. The molecule has 0 spiro atoms. The molecule has 3 heterocycles. The fourth-order valence-electron chi connectivity index (χ4n) is 5.42. The lowest BCUT2D eigenvalue weighted by molar-refractivity contribution is 0.0526. The van der Waals surface area contributed by atoms with Crippen LogP contribution in [-0.2, 0) is 4.74 Å². The second kappa shape index (κ2) is 9.17. The number of carbonyl (C=O) groups excluding carboxylic acids is 1. The number of hydrogen-bond donors (Lipinski definition) is 2. The quantitative estimate of drug-likeness (QED) is 0.234. The molecular weight excluding hydrogens is 460 g/mol. The van der Waals surface area contributed by atoms with Gasteiger partial charge in [-0.15, -0.1) is 0 Å². The Labute approximate surface area is 215 Å². The van der Waals surface area contributed by atoms with Crippen LogP contribution >= 0.6 is 0 Å². The third kappa shape index (κ3) is 3.93. The van der Waals surface area contributed by atoms with Gasteiger partial charge in [0.05, 0.1) is 18.1 Å². The van der Waals surface area contributed by atoms with Gasteiger partial charge in [-0.1, -0.05) is 48.5 Å². The molecule has 0 unspecified atom stereocenters. The Morgan fingerprint density at radius 1 is 0.784 bits per heavy atom. The highest BCUT2D eigenvalue weighted by atomic mass is 16.5. The van der Waals surface area contributed by atoms with E-state index in [-0.39, 0.29) is 11.9 Å². The molecule has 0 aliphatic carbocycles. The lowest BCUT2D eigenvalue weighted by Gasteiger charge is -2.17. The average molecular weight is 489 g/mol. The van der Waals surface area contributed by atoms with Crippen molar-refractivity contribution in [2.75, 3.05) is 6.61 Å². The van der Waals surface area contributed by atoms with Gasteiger partial charge in [-0.2, -0.15) is 0 Å². The Balaban J connectivity index is 1.51. The summed E-state index contributed by atoms with van der Waals surface area (Å²) in [6.45, 7) is 6.41. The van der Waals surface area contributed by atoms with E-state index in [1.165, 1.54) is 21.9 Å². The first kappa shape index (κ1) is 22.9. The molecule has 0 saturated carbocycles. The van der Waals surface area contributed by atoms with Crippen molar-refractivity contribution < 1.29 is 13.9 Å². The Hall–Kier alpha value is -4.51. The molecule has 3 aromatic heterocycles. The molecule has 184 valence electrons. The van der Waals surface area contributed by atoms with E-state index >= 15 is 0 Å². The van der Waals surface area contributed by atoms with Crippen molar-refractivity contribution in [1.82, 2.24) is 9.97 Å². The van der Waals surface area contributed by atoms with E-state index in [0.717, 1.165) is 39.5 Å². The van der Waals surface area contributed by atoms with Crippen molar-refractivity contribution in [1.29, 1.82) is 0 Å². The van der Waals surface area contributed by atoms with Crippen LogP contribution in [0.15, 0.2) is 89.3 Å². The summed E-state index contributed by atoms with van der Waals surface area (Å²) in [5.41, 5.74) is 8.31. The Bertz CT molecular complexity index is 1650. The van der Waals surface area contributed by atoms with E-state index in [0.29, 0.717) is 12.2 Å². The molecule has 3 aromatic carbocycles. The molecule has 5 nitrogen and oxygen atoms in total. The molecular formula is C32H28N2O3. The van der Waals surface area contributed by atoms with Gasteiger partial charge in [0.25, 0.3) is 0 Å². The number of aromatic amines is 2. The van der Waals surface area contributed by atoms with Gasteiger partial charge < -0.3 is 19.1 Å². The van der Waals surface area contributed by atoms with Gasteiger partial charge in [-0.05, 0) is 68.3 Å². The third-order valence-electron chi connectivity index (χ3n) is 7.06. The van der Waals surface area contributed by atoms with Crippen LogP contribution in [0.5, 0.6) is 0 Å². The highest BCUT2D eigenvalue weighted by Gasteiger charge is 2.29. The number of furan rings is 1. The minimum atomic E-state index is -0.320. The summed E-state index contributed by atoms with van der Waals surface area (Å²) in [6, 6.07) is 28.3. The summed E-state index contributed by atoms with van der Waals surface area (Å²) in [7, 11) is 0. The number of esters is 1. The minimum Gasteiger partial charge on any atom is -0.462 e. The van der Waals surface area contributed by atoms with Crippen molar-refractivity contribution >= 4 is 27.8 Å². The van der Waals surface area contributed by atoms with Crippen LogP contribution in [-0.4, -0.2) is 22.5 Å². The predicted octanol–water partition coefficient (Wildman–Crippen LogP) is 7.88. The first-order chi connectivity index (χ1) is 18.0. The number of aromatic nitrogens is 2. The van der Waals surface area contributed by atoms with E-state index in [1.807, 2.05) is 18.2 Å². The van der Waals surface area contributed by atoms with Gasteiger partial charge in [0.1, 0.15) is 11.5 Å². The predicted molar refractivity (Wildman–Crippen MR) is 147 cm³/mol. The van der Waals surface area contributed by atoms with E-state index in [1.54, 1.807) is 19.1 Å². The normalized spacial score (nSPS) is 11.6. The fraction of sp³-hybridized carbons (Fsp3) is 0.156. The Kier molecular flexibility index (Phi) is 5.68. The molecule has 0 radical (unpaired) electrons. The SMILES string of the molecule is CCOC(=O)c1ccc(-c2ccc(C(c3c(C)[nH]c4ccccc34)c3c(C)[nH]c4ccccc34)o2)cc1. The smallest absolute Gasteiger partial charge is 0.338 e. The number of nitrogens with one attached hydrogen (secondary N) is 2. The van der Waals surface area contributed by atoms with Gasteiger partial charge in [0.15, 0.2) is 0 Å². The molecule has 6 rings (SSSR count). The molecule has 37 heavy (non-hydrogen) atoms. The maximum Gasteiger partial charge on any atom is 0.338 e. The molecule has 0 aliphatic rings. The zero-order valence-corrected chi connectivity index (χ0v) is 21.1. The van der Waals surface area contributed by atoms with Crippen LogP contribution in [0.1, 0.15) is 51.5 Å². The van der Waals surface area contributed by atoms with Crippen molar-refractivity contribution in [3.63, 3.8) is 0 Å². The van der Waals surface area contributed by atoms with Crippen LogP contribution in [0.3, 0.4) is 0 Å². The van der Waals surface area contributed by atoms with Gasteiger partial charge in [-0.3, -0.25) is 0 Å². The summed E-state index contributed by atoms with van der Waals surface area (Å²) in [6.07, 6.45) is 0. The number of hydrogen-bond acceptors (Lipinski definition) is 3. The van der Waals surface area contributed by atoms with Gasteiger partial charge >= 0.3 is 5.97 Å². The molecule has 0 aliphatic heterocycles. The van der Waals surface area contributed by atoms with Crippen LogP contribution in [0.4, 0.5) is 0 Å². The summed E-state index contributed by atoms with van der Waals surface area (Å²) < 4.78 is 11.7. The van der Waals surface area contributed by atoms with Crippen molar-refractivity contribution in [2.24, 2.45) is 0 Å². The molecule has 2 N–H and O–H groups in total. The van der Waals surface area contributed by atoms with Crippen LogP contribution < -0.4 is 0 Å². The Morgan fingerprint density at radius 3 is 1.92 bits per heavy atom. The van der Waals surface area contributed by atoms with Crippen molar-refractivity contribution in [3.05, 3.63) is 119 Å². The van der Waals surface area contributed by atoms with Crippen molar-refractivity contribution in [2.45, 2.75) is 26.7 Å². The molecule has 0 fully saturated rings. The second-order valence-electron chi connectivity index (χ2n) is 9.35. The number of fused-ring (bicyclic) bond motifs is 2. The lowest BCUT2D eigenvalue weighted by atomic mass is 9.85. The molecule has 6 aromatic rings. The number of ether oxygens (including phenoxy) is 1. The van der Waals surface area contributed by atoms with E-state index in [9.17, 15) is 4.79 Å². The van der Waals surface area contributed by atoms with Gasteiger partial charge in [-0.25, -0.2) is 4.79 Å². The maximum atomic E-state index is 12.1. The number of carbonyl (C=O) groups is 1. The van der Waals surface area contributed by atoms with Gasteiger partial charge in [0.2, 0.25) is 0 Å². The highest BCUT2D eigenvalue weighted by molar-refractivity contribution is 5.91. The molecule has 0 saturated heterocycles. The highest BCUT2D eigenvalue weighted by Crippen LogP contribution is 2.43. The lowest BCUT2D eigenvalue weighted by Crippen LogP contribution is -2.05. The Morgan fingerprint density at radius 2 is 1.35 bits per heavy atom. The maximum absolute atomic E-state index is 12.1. The first-order valence-corrected chi connectivity index (χ1v) is 12.6.